The summed E-state index contributed by atoms with van der Waals surface area (Å²) >= 11 is 1.51. The van der Waals surface area contributed by atoms with E-state index >= 15 is 0 Å². The number of nitrogens with zero attached hydrogens (tertiary/aromatic N) is 4. The van der Waals surface area contributed by atoms with Crippen molar-refractivity contribution in [3.63, 3.8) is 0 Å². The molecular formula is C18H20N4O2S. The van der Waals surface area contributed by atoms with Crippen LogP contribution in [0.1, 0.15) is 30.5 Å². The van der Waals surface area contributed by atoms with Gasteiger partial charge in [0.2, 0.25) is 0 Å². The van der Waals surface area contributed by atoms with Crippen LogP contribution in [-0.4, -0.2) is 19.1 Å². The molecule has 0 N–H and O–H groups in total. The van der Waals surface area contributed by atoms with Crippen LogP contribution in [0.2, 0.25) is 0 Å². The van der Waals surface area contributed by atoms with Crippen molar-refractivity contribution in [3.8, 4) is 0 Å². The van der Waals surface area contributed by atoms with Gasteiger partial charge in [0, 0.05) is 25.8 Å². The lowest BCUT2D eigenvalue weighted by atomic mass is 10.2. The number of thioether (sulfide) groups is 1. The summed E-state index contributed by atoms with van der Waals surface area (Å²) in [6.07, 6.45) is 0.632. The Labute approximate surface area is 149 Å². The highest BCUT2D eigenvalue weighted by Gasteiger charge is 2.19. The molecule has 7 heteroatoms. The second-order valence-corrected chi connectivity index (χ2v) is 7.20. The Bertz CT molecular complexity index is 1040. The average molecular weight is 356 g/mol. The van der Waals surface area contributed by atoms with Crippen LogP contribution in [-0.2, 0) is 20.5 Å². The van der Waals surface area contributed by atoms with E-state index in [0.29, 0.717) is 28.3 Å². The minimum atomic E-state index is -0.384. The van der Waals surface area contributed by atoms with Gasteiger partial charge in [-0.3, -0.25) is 13.9 Å². The molecule has 3 aromatic rings. The SMILES string of the molecule is CCc1nc(S[C@H](C)c2ccccc2)c2c(=O)n(C)c(=O)n(C)c2n1. The molecule has 2 aromatic heterocycles. The van der Waals surface area contributed by atoms with Crippen LogP contribution in [0.3, 0.4) is 0 Å². The molecule has 0 spiro atoms. The molecule has 0 unspecified atom stereocenters. The van der Waals surface area contributed by atoms with Crippen molar-refractivity contribution in [1.82, 2.24) is 19.1 Å². The monoisotopic (exact) mass is 356 g/mol. The Morgan fingerprint density at radius 2 is 1.76 bits per heavy atom. The third-order valence-electron chi connectivity index (χ3n) is 4.19. The fourth-order valence-corrected chi connectivity index (χ4v) is 3.76. The van der Waals surface area contributed by atoms with Gasteiger partial charge in [-0.2, -0.15) is 0 Å². The van der Waals surface area contributed by atoms with Gasteiger partial charge in [0.1, 0.15) is 16.2 Å². The molecule has 1 aromatic carbocycles. The smallest absolute Gasteiger partial charge is 0.280 e. The van der Waals surface area contributed by atoms with Gasteiger partial charge in [-0.1, -0.05) is 49.0 Å². The van der Waals surface area contributed by atoms with Crippen LogP contribution in [0.5, 0.6) is 0 Å². The van der Waals surface area contributed by atoms with E-state index in [2.05, 4.69) is 29.0 Å². The predicted octanol–water partition coefficient (Wildman–Crippen LogP) is 2.44. The second kappa shape index (κ2) is 6.84. The molecule has 25 heavy (non-hydrogen) atoms. The number of rotatable bonds is 4. The fraction of sp³-hybridized carbons (Fsp3) is 0.333. The largest absolute Gasteiger partial charge is 0.332 e. The summed E-state index contributed by atoms with van der Waals surface area (Å²) in [4.78, 5) is 33.9. The summed E-state index contributed by atoms with van der Waals surface area (Å²) in [5.74, 6) is 0.624. The number of fused-ring (bicyclic) bond motifs is 1. The molecule has 0 aliphatic carbocycles. The third-order valence-corrected chi connectivity index (χ3v) is 5.33. The van der Waals surface area contributed by atoms with Gasteiger partial charge in [0.05, 0.1) is 0 Å². The molecule has 0 aliphatic heterocycles. The number of benzene rings is 1. The Hall–Kier alpha value is -2.41. The first-order valence-corrected chi connectivity index (χ1v) is 9.00. The average Bonchev–Trinajstić information content (AvgIpc) is 2.64. The van der Waals surface area contributed by atoms with Crippen LogP contribution in [0.25, 0.3) is 11.0 Å². The number of aryl methyl sites for hydroxylation is 2. The molecule has 0 amide bonds. The molecule has 0 bridgehead atoms. The highest BCUT2D eigenvalue weighted by Crippen LogP contribution is 2.35. The Morgan fingerprint density at radius 3 is 2.40 bits per heavy atom. The van der Waals surface area contributed by atoms with Crippen molar-refractivity contribution in [2.24, 2.45) is 14.1 Å². The number of hydrogen-bond acceptors (Lipinski definition) is 5. The first kappa shape index (κ1) is 17.4. The summed E-state index contributed by atoms with van der Waals surface area (Å²) in [5, 5.41) is 1.13. The van der Waals surface area contributed by atoms with Crippen LogP contribution in [0.4, 0.5) is 0 Å². The van der Waals surface area contributed by atoms with Crippen molar-refractivity contribution in [1.29, 1.82) is 0 Å². The maximum atomic E-state index is 12.7. The lowest BCUT2D eigenvalue weighted by molar-refractivity contribution is 0.698. The molecule has 0 fully saturated rings. The molecule has 0 saturated carbocycles. The molecule has 0 saturated heterocycles. The molecule has 3 rings (SSSR count). The molecule has 130 valence electrons. The van der Waals surface area contributed by atoms with Gasteiger partial charge in [-0.15, -0.1) is 0 Å². The first-order chi connectivity index (χ1) is 11.9. The Balaban J connectivity index is 2.23. The van der Waals surface area contributed by atoms with E-state index in [-0.39, 0.29) is 16.5 Å². The van der Waals surface area contributed by atoms with Gasteiger partial charge in [-0.05, 0) is 12.5 Å². The lowest BCUT2D eigenvalue weighted by Crippen LogP contribution is -2.37. The summed E-state index contributed by atoms with van der Waals surface area (Å²) in [6, 6.07) is 10.1. The fourth-order valence-electron chi connectivity index (χ4n) is 2.67. The molecule has 1 atom stereocenters. The molecule has 0 aliphatic rings. The Kier molecular flexibility index (Phi) is 4.76. The normalized spacial score (nSPS) is 12.5. The highest BCUT2D eigenvalue weighted by molar-refractivity contribution is 7.99. The molecule has 2 heterocycles. The highest BCUT2D eigenvalue weighted by atomic mass is 32.2. The Morgan fingerprint density at radius 1 is 1.08 bits per heavy atom. The quantitative estimate of drug-likeness (QED) is 0.530. The van der Waals surface area contributed by atoms with Gasteiger partial charge in [0.15, 0.2) is 5.65 Å². The lowest BCUT2D eigenvalue weighted by Gasteiger charge is -2.15. The maximum Gasteiger partial charge on any atom is 0.332 e. The van der Waals surface area contributed by atoms with Gasteiger partial charge >= 0.3 is 5.69 Å². The van der Waals surface area contributed by atoms with Crippen molar-refractivity contribution < 1.29 is 0 Å². The third kappa shape index (κ3) is 3.11. The topological polar surface area (TPSA) is 69.8 Å². The first-order valence-electron chi connectivity index (χ1n) is 8.12. The summed E-state index contributed by atoms with van der Waals surface area (Å²) in [6.45, 7) is 4.03. The number of aromatic nitrogens is 4. The van der Waals surface area contributed by atoms with E-state index in [9.17, 15) is 9.59 Å². The number of hydrogen-bond donors (Lipinski definition) is 0. The van der Waals surface area contributed by atoms with E-state index in [1.165, 1.54) is 23.4 Å². The van der Waals surface area contributed by atoms with Crippen LogP contribution < -0.4 is 11.2 Å². The summed E-state index contributed by atoms with van der Waals surface area (Å²) in [7, 11) is 3.11. The van der Waals surface area contributed by atoms with E-state index in [1.807, 2.05) is 25.1 Å². The molecular weight excluding hydrogens is 336 g/mol. The minimum absolute atomic E-state index is 0.117. The maximum absolute atomic E-state index is 12.7. The zero-order valence-electron chi connectivity index (χ0n) is 14.7. The van der Waals surface area contributed by atoms with Crippen LogP contribution in [0.15, 0.2) is 44.9 Å². The summed E-state index contributed by atoms with van der Waals surface area (Å²) in [5.41, 5.74) is 0.801. The van der Waals surface area contributed by atoms with E-state index < -0.39 is 0 Å². The molecule has 6 nitrogen and oxygen atoms in total. The van der Waals surface area contributed by atoms with E-state index in [1.54, 1.807) is 7.05 Å². The van der Waals surface area contributed by atoms with Crippen LogP contribution >= 0.6 is 11.8 Å². The standard InChI is InChI=1S/C18H20N4O2S/c1-5-13-19-15-14(17(23)22(4)18(24)21(15)3)16(20-13)25-11(2)12-9-7-6-8-10-12/h6-11H,5H2,1-4H3/t11-/m1/s1. The van der Waals surface area contributed by atoms with Gasteiger partial charge in [-0.25, -0.2) is 14.8 Å². The second-order valence-electron chi connectivity index (χ2n) is 5.87. The van der Waals surface area contributed by atoms with Gasteiger partial charge in [0.25, 0.3) is 5.56 Å². The van der Waals surface area contributed by atoms with E-state index in [4.69, 9.17) is 0 Å². The van der Waals surface area contributed by atoms with Crippen molar-refractivity contribution in [3.05, 3.63) is 62.6 Å². The predicted molar refractivity (Wildman–Crippen MR) is 100 cm³/mol. The van der Waals surface area contributed by atoms with Crippen LogP contribution in [0, 0.1) is 0 Å². The summed E-state index contributed by atoms with van der Waals surface area (Å²) < 4.78 is 2.52. The van der Waals surface area contributed by atoms with Crippen molar-refractivity contribution in [2.75, 3.05) is 0 Å². The van der Waals surface area contributed by atoms with Crippen molar-refractivity contribution in [2.45, 2.75) is 30.5 Å². The minimum Gasteiger partial charge on any atom is -0.280 e. The zero-order chi connectivity index (χ0) is 18.1. The van der Waals surface area contributed by atoms with Crippen molar-refractivity contribution >= 4 is 22.8 Å². The zero-order valence-corrected chi connectivity index (χ0v) is 15.5. The molecule has 0 radical (unpaired) electrons. The van der Waals surface area contributed by atoms with Gasteiger partial charge < -0.3 is 0 Å². The van der Waals surface area contributed by atoms with E-state index in [0.717, 1.165) is 10.1 Å².